The summed E-state index contributed by atoms with van der Waals surface area (Å²) >= 11 is 0. The van der Waals surface area contributed by atoms with E-state index in [0.29, 0.717) is 5.75 Å². The topological polar surface area (TPSA) is 18.5 Å². The van der Waals surface area contributed by atoms with Crippen LogP contribution in [0, 0.1) is 11.6 Å². The van der Waals surface area contributed by atoms with E-state index in [1.165, 1.54) is 48.5 Å². The molecule has 3 aromatic rings. The Hall–Kier alpha value is -3.02. The maximum Gasteiger partial charge on any atom is 0.426 e. The largest absolute Gasteiger partial charge is 0.490 e. The first-order valence-corrected chi connectivity index (χ1v) is 7.69. The van der Waals surface area contributed by atoms with Crippen LogP contribution in [0.15, 0.2) is 67.3 Å². The van der Waals surface area contributed by atoms with E-state index in [-0.39, 0.29) is 28.7 Å². The molecule has 0 heterocycles. The van der Waals surface area contributed by atoms with E-state index in [2.05, 4.69) is 6.58 Å². The van der Waals surface area contributed by atoms with Crippen molar-refractivity contribution < 1.29 is 27.0 Å². The van der Waals surface area contributed by atoms with Crippen molar-refractivity contribution in [2.75, 3.05) is 6.61 Å². The first kappa shape index (κ1) is 17.8. The molecule has 0 saturated heterocycles. The molecule has 0 spiro atoms. The fourth-order valence-corrected chi connectivity index (χ4v) is 2.41. The van der Waals surface area contributed by atoms with Gasteiger partial charge in [-0.15, -0.1) is 0 Å². The van der Waals surface area contributed by atoms with Crippen LogP contribution in [0.5, 0.6) is 11.5 Å². The Morgan fingerprint density at radius 1 is 0.923 bits per heavy atom. The lowest BCUT2D eigenvalue weighted by atomic mass is 10.1. The first-order chi connectivity index (χ1) is 12.4. The Labute approximate surface area is 147 Å². The molecule has 0 radical (unpaired) electrons. The Bertz CT molecular complexity index is 936. The summed E-state index contributed by atoms with van der Waals surface area (Å²) in [6.45, 7) is 3.77. The van der Waals surface area contributed by atoms with E-state index in [9.17, 15) is 17.6 Å². The van der Waals surface area contributed by atoms with Gasteiger partial charge in [0.15, 0.2) is 11.6 Å². The predicted molar refractivity (Wildman–Crippen MR) is 90.5 cm³/mol. The molecule has 0 aromatic heterocycles. The first-order valence-electron chi connectivity index (χ1n) is 7.69. The van der Waals surface area contributed by atoms with Crippen molar-refractivity contribution in [2.24, 2.45) is 0 Å². The van der Waals surface area contributed by atoms with Crippen LogP contribution in [0.25, 0.3) is 10.8 Å². The number of hydrogen-bond acceptors (Lipinski definition) is 2. The molecule has 3 aromatic carbocycles. The van der Waals surface area contributed by atoms with Gasteiger partial charge in [0.05, 0.1) is 5.56 Å². The van der Waals surface area contributed by atoms with Crippen molar-refractivity contribution in [1.82, 2.24) is 0 Å². The number of halogens is 4. The highest BCUT2D eigenvalue weighted by atomic mass is 19.3. The minimum Gasteiger partial charge on any atom is -0.490 e. The van der Waals surface area contributed by atoms with Crippen LogP contribution in [-0.2, 0) is 6.11 Å². The molecule has 6 heteroatoms. The zero-order chi connectivity index (χ0) is 18.7. The van der Waals surface area contributed by atoms with Gasteiger partial charge in [-0.1, -0.05) is 18.7 Å². The molecule has 2 nitrogen and oxygen atoms in total. The monoisotopic (exact) mass is 362 g/mol. The summed E-state index contributed by atoms with van der Waals surface area (Å²) < 4.78 is 65.6. The van der Waals surface area contributed by atoms with Crippen molar-refractivity contribution in [2.45, 2.75) is 6.11 Å². The predicted octanol–water partition coefficient (Wildman–Crippen LogP) is 5.81. The summed E-state index contributed by atoms with van der Waals surface area (Å²) in [7, 11) is 0. The number of fused-ring (bicyclic) bond motifs is 1. The Morgan fingerprint density at radius 2 is 1.62 bits per heavy atom. The molecule has 0 aliphatic rings. The van der Waals surface area contributed by atoms with Crippen molar-refractivity contribution in [1.29, 1.82) is 0 Å². The fourth-order valence-electron chi connectivity index (χ4n) is 2.41. The second-order valence-corrected chi connectivity index (χ2v) is 5.49. The molecule has 0 aliphatic carbocycles. The van der Waals surface area contributed by atoms with Gasteiger partial charge in [0, 0.05) is 5.39 Å². The van der Waals surface area contributed by atoms with E-state index in [1.54, 1.807) is 6.08 Å². The molecule has 0 atom stereocenters. The number of benzene rings is 3. The molecule has 0 fully saturated rings. The maximum atomic E-state index is 14.4. The zero-order valence-electron chi connectivity index (χ0n) is 13.5. The molecule has 0 bridgehead atoms. The third kappa shape index (κ3) is 3.64. The van der Waals surface area contributed by atoms with Gasteiger partial charge < -0.3 is 9.47 Å². The van der Waals surface area contributed by atoms with Crippen molar-refractivity contribution in [3.8, 4) is 11.5 Å². The Kier molecular flexibility index (Phi) is 4.84. The van der Waals surface area contributed by atoms with Gasteiger partial charge in [-0.05, 0) is 53.9 Å². The minimum atomic E-state index is -3.61. The summed E-state index contributed by atoms with van der Waals surface area (Å²) in [5.74, 6) is -1.78. The fraction of sp³-hybridized carbons (Fsp3) is 0.100. The van der Waals surface area contributed by atoms with Crippen LogP contribution in [0.2, 0.25) is 0 Å². The van der Waals surface area contributed by atoms with Gasteiger partial charge >= 0.3 is 6.11 Å². The van der Waals surface area contributed by atoms with E-state index >= 15 is 0 Å². The summed E-state index contributed by atoms with van der Waals surface area (Å²) in [6.07, 6.45) is -2.07. The van der Waals surface area contributed by atoms with Gasteiger partial charge in [-0.3, -0.25) is 0 Å². The van der Waals surface area contributed by atoms with E-state index in [4.69, 9.17) is 9.47 Å². The third-order valence-corrected chi connectivity index (χ3v) is 3.68. The van der Waals surface area contributed by atoms with Crippen LogP contribution in [0.4, 0.5) is 17.6 Å². The van der Waals surface area contributed by atoms with Gasteiger partial charge in [-0.25, -0.2) is 8.78 Å². The zero-order valence-corrected chi connectivity index (χ0v) is 13.5. The number of alkyl halides is 2. The van der Waals surface area contributed by atoms with Crippen molar-refractivity contribution in [3.05, 3.63) is 84.5 Å². The quantitative estimate of drug-likeness (QED) is 0.407. The second-order valence-electron chi connectivity index (χ2n) is 5.49. The van der Waals surface area contributed by atoms with Gasteiger partial charge in [0.2, 0.25) is 0 Å². The van der Waals surface area contributed by atoms with Crippen molar-refractivity contribution in [3.63, 3.8) is 0 Å². The lowest BCUT2D eigenvalue weighted by Gasteiger charge is -2.19. The molecule has 0 saturated carbocycles. The van der Waals surface area contributed by atoms with Crippen LogP contribution in [0.1, 0.15) is 5.56 Å². The summed E-state index contributed by atoms with van der Waals surface area (Å²) in [4.78, 5) is 0. The molecule has 0 aliphatic heterocycles. The number of ether oxygens (including phenoxy) is 2. The summed E-state index contributed by atoms with van der Waals surface area (Å²) in [5.41, 5.74) is -0.367. The summed E-state index contributed by atoms with van der Waals surface area (Å²) in [5, 5.41) is 0.245. The maximum absolute atomic E-state index is 14.4. The standard InChI is InChI=1S/C20H14F4O2/c1-2-11-25-15-6-4-14(5-7-15)20(23,24)26-16-8-9-17-13(12-16)3-10-18(21)19(17)22/h2-10,12H,1,11H2. The highest BCUT2D eigenvalue weighted by Crippen LogP contribution is 2.34. The van der Waals surface area contributed by atoms with Crippen LogP contribution < -0.4 is 9.47 Å². The summed E-state index contributed by atoms with van der Waals surface area (Å²) in [6, 6.07) is 11.0. The van der Waals surface area contributed by atoms with E-state index in [0.717, 1.165) is 6.07 Å². The van der Waals surface area contributed by atoms with Gasteiger partial charge in [0.25, 0.3) is 0 Å². The number of hydrogen-bond donors (Lipinski definition) is 0. The Balaban J connectivity index is 1.83. The molecule has 0 unspecified atom stereocenters. The average Bonchev–Trinajstić information content (AvgIpc) is 2.63. The minimum absolute atomic E-state index is 0.00983. The van der Waals surface area contributed by atoms with Crippen LogP contribution >= 0.6 is 0 Å². The molecule has 134 valence electrons. The molecule has 26 heavy (non-hydrogen) atoms. The Morgan fingerprint density at radius 3 is 2.31 bits per heavy atom. The number of rotatable bonds is 6. The average molecular weight is 362 g/mol. The molecular formula is C20H14F4O2. The van der Waals surface area contributed by atoms with Crippen LogP contribution in [0.3, 0.4) is 0 Å². The highest BCUT2D eigenvalue weighted by Gasteiger charge is 2.34. The molecular weight excluding hydrogens is 348 g/mol. The highest BCUT2D eigenvalue weighted by molar-refractivity contribution is 5.84. The molecule has 0 N–H and O–H groups in total. The smallest absolute Gasteiger partial charge is 0.426 e. The normalized spacial score (nSPS) is 11.4. The lowest BCUT2D eigenvalue weighted by Crippen LogP contribution is -2.21. The SMILES string of the molecule is C=CCOc1ccc(C(F)(F)Oc2ccc3c(F)c(F)ccc3c2)cc1. The van der Waals surface area contributed by atoms with Gasteiger partial charge in [-0.2, -0.15) is 8.78 Å². The van der Waals surface area contributed by atoms with Crippen molar-refractivity contribution >= 4 is 10.8 Å². The molecule has 0 amide bonds. The third-order valence-electron chi connectivity index (χ3n) is 3.68. The van der Waals surface area contributed by atoms with Crippen LogP contribution in [-0.4, -0.2) is 6.61 Å². The second kappa shape index (κ2) is 7.07. The lowest BCUT2D eigenvalue weighted by molar-refractivity contribution is -0.185. The molecule has 3 rings (SSSR count). The van der Waals surface area contributed by atoms with E-state index < -0.39 is 17.7 Å². The van der Waals surface area contributed by atoms with E-state index in [1.807, 2.05) is 0 Å². The van der Waals surface area contributed by atoms with Gasteiger partial charge in [0.1, 0.15) is 18.1 Å².